The Bertz CT molecular complexity index is 1280. The number of benzene rings is 2. The van der Waals surface area contributed by atoms with Gasteiger partial charge in [0.1, 0.15) is 0 Å². The van der Waals surface area contributed by atoms with Crippen LogP contribution in [0.15, 0.2) is 59.2 Å². The first-order chi connectivity index (χ1) is 17.6. The zero-order valence-electron chi connectivity index (χ0n) is 21.3. The van der Waals surface area contributed by atoms with Gasteiger partial charge in [0.25, 0.3) is 5.91 Å². The zero-order chi connectivity index (χ0) is 26.4. The number of nitrogens with zero attached hydrogens (tertiary/aromatic N) is 4. The van der Waals surface area contributed by atoms with Gasteiger partial charge in [-0.15, -0.1) is 5.10 Å². The summed E-state index contributed by atoms with van der Waals surface area (Å²) in [7, 11) is -3.24. The van der Waals surface area contributed by atoms with Crippen LogP contribution in [0, 0.1) is 5.92 Å². The summed E-state index contributed by atoms with van der Waals surface area (Å²) < 4.78 is 25.3. The molecule has 5 rings (SSSR count). The van der Waals surface area contributed by atoms with Crippen molar-refractivity contribution in [3.05, 3.63) is 76.0 Å². The molecule has 1 fully saturated rings. The summed E-state index contributed by atoms with van der Waals surface area (Å²) in [6.45, 7) is 6.31. The Morgan fingerprint density at radius 1 is 1.22 bits per heavy atom. The van der Waals surface area contributed by atoms with Gasteiger partial charge in [-0.1, -0.05) is 58.4 Å². The molecule has 3 heterocycles. The van der Waals surface area contributed by atoms with E-state index in [-0.39, 0.29) is 24.0 Å². The Morgan fingerprint density at radius 2 is 1.97 bits per heavy atom. The minimum absolute atomic E-state index is 0.00470. The standard InChI is InChI=1S/C27H32BrFN4O3Si/c1-18-25(37(2,3)29)24(11-13-32-17-21(12-14-34)30-31-32)36-27(18)22-15-20(28)9-10-23(22)33(26(27)35)16-19-7-5-4-6-8-19/h4-10,15,17-18,24-25,34H,11-14,16H2,1-3H3/t18-,24+,25-,27+/m1/s1. The third kappa shape index (κ3) is 4.69. The third-order valence-corrected chi connectivity index (χ3v) is 10.7. The van der Waals surface area contributed by atoms with E-state index in [1.807, 2.05) is 55.5 Å². The van der Waals surface area contributed by atoms with Gasteiger partial charge in [-0.25, -0.2) is 0 Å². The number of carbonyl (C=O) groups is 1. The van der Waals surface area contributed by atoms with Crippen LogP contribution in [0.25, 0.3) is 0 Å². The second kappa shape index (κ2) is 10.1. The molecule has 1 aromatic heterocycles. The van der Waals surface area contributed by atoms with Crippen LogP contribution in [-0.4, -0.2) is 47.1 Å². The molecule has 2 aliphatic rings. The molecule has 0 unspecified atom stereocenters. The van der Waals surface area contributed by atoms with E-state index in [0.29, 0.717) is 31.6 Å². The Hall–Kier alpha value is -2.40. The van der Waals surface area contributed by atoms with Crippen LogP contribution >= 0.6 is 15.9 Å². The summed E-state index contributed by atoms with van der Waals surface area (Å²) in [4.78, 5) is 16.1. The van der Waals surface area contributed by atoms with Crippen molar-refractivity contribution in [3.8, 4) is 0 Å². The lowest BCUT2D eigenvalue weighted by Crippen LogP contribution is -2.45. The van der Waals surface area contributed by atoms with Gasteiger partial charge in [0.2, 0.25) is 8.41 Å². The average Bonchev–Trinajstić information content (AvgIpc) is 3.49. The molecule has 1 saturated heterocycles. The van der Waals surface area contributed by atoms with Gasteiger partial charge >= 0.3 is 0 Å². The number of amides is 1. The summed E-state index contributed by atoms with van der Waals surface area (Å²) in [5.74, 6) is -0.472. The van der Waals surface area contributed by atoms with Crippen molar-refractivity contribution in [2.75, 3.05) is 11.5 Å². The van der Waals surface area contributed by atoms with Crippen molar-refractivity contribution < 1.29 is 18.7 Å². The number of rotatable bonds is 8. The molecule has 2 aromatic carbocycles. The van der Waals surface area contributed by atoms with Crippen molar-refractivity contribution in [2.45, 2.75) is 63.2 Å². The largest absolute Gasteiger partial charge is 0.396 e. The molecule has 1 N–H and O–H groups in total. The quantitative estimate of drug-likeness (QED) is 0.297. The molecule has 1 spiro atoms. The minimum atomic E-state index is -3.24. The smallest absolute Gasteiger partial charge is 0.264 e. The van der Waals surface area contributed by atoms with E-state index >= 15 is 4.11 Å². The number of halogens is 2. The lowest BCUT2D eigenvalue weighted by Gasteiger charge is -2.31. The Morgan fingerprint density at radius 3 is 2.68 bits per heavy atom. The molecule has 0 saturated carbocycles. The van der Waals surface area contributed by atoms with Gasteiger partial charge in [0.05, 0.1) is 24.0 Å². The number of hydrogen-bond acceptors (Lipinski definition) is 5. The van der Waals surface area contributed by atoms with Crippen molar-refractivity contribution >= 4 is 35.9 Å². The van der Waals surface area contributed by atoms with Crippen molar-refractivity contribution in [3.63, 3.8) is 0 Å². The number of fused-ring (bicyclic) bond motifs is 2. The lowest BCUT2D eigenvalue weighted by molar-refractivity contribution is -0.146. The predicted molar refractivity (Wildman–Crippen MR) is 145 cm³/mol. The number of aliphatic hydroxyl groups excluding tert-OH is 1. The highest BCUT2D eigenvalue weighted by Gasteiger charge is 2.66. The molecule has 10 heteroatoms. The molecule has 3 aromatic rings. The number of carbonyl (C=O) groups excluding carboxylic acids is 1. The fourth-order valence-corrected chi connectivity index (χ4v) is 9.05. The molecule has 2 aliphatic heterocycles. The lowest BCUT2D eigenvalue weighted by atomic mass is 9.82. The van der Waals surface area contributed by atoms with Crippen molar-refractivity contribution in [2.24, 2.45) is 5.92 Å². The van der Waals surface area contributed by atoms with Gasteiger partial charge in [0.15, 0.2) is 5.60 Å². The maximum Gasteiger partial charge on any atom is 0.264 e. The molecule has 196 valence electrons. The second-order valence-corrected chi connectivity index (χ2v) is 15.3. The third-order valence-electron chi connectivity index (χ3n) is 7.70. The summed E-state index contributed by atoms with van der Waals surface area (Å²) >= 11 is 3.58. The number of aryl methyl sites for hydroxylation is 1. The van der Waals surface area contributed by atoms with Crippen LogP contribution in [0.4, 0.5) is 9.80 Å². The monoisotopic (exact) mass is 586 g/mol. The molecule has 1 amide bonds. The molecule has 0 aliphatic carbocycles. The predicted octanol–water partition coefficient (Wildman–Crippen LogP) is 4.99. The number of hydrogen-bond donors (Lipinski definition) is 1. The van der Waals surface area contributed by atoms with E-state index in [1.165, 1.54) is 0 Å². The molecule has 0 radical (unpaired) electrons. The highest BCUT2D eigenvalue weighted by molar-refractivity contribution is 9.10. The number of aromatic nitrogens is 3. The number of aliphatic hydroxyl groups is 1. The van der Waals surface area contributed by atoms with E-state index in [2.05, 4.69) is 26.2 Å². The maximum absolute atomic E-state index is 15.9. The summed E-state index contributed by atoms with van der Waals surface area (Å²) in [5, 5.41) is 17.4. The summed E-state index contributed by atoms with van der Waals surface area (Å²) in [6, 6.07) is 15.7. The molecular weight excluding hydrogens is 555 g/mol. The minimum Gasteiger partial charge on any atom is -0.396 e. The molecule has 37 heavy (non-hydrogen) atoms. The normalized spacial score (nSPS) is 25.3. The van der Waals surface area contributed by atoms with Gasteiger partial charge in [0, 0.05) is 47.3 Å². The fraction of sp³-hybridized carbons (Fsp3) is 0.444. The zero-order valence-corrected chi connectivity index (χ0v) is 23.9. The van der Waals surface area contributed by atoms with Crippen LogP contribution in [0.5, 0.6) is 0 Å². The van der Waals surface area contributed by atoms with Crippen LogP contribution in [0.2, 0.25) is 18.6 Å². The Labute approximate surface area is 225 Å². The first-order valence-electron chi connectivity index (χ1n) is 12.7. The topological polar surface area (TPSA) is 80.5 Å². The summed E-state index contributed by atoms with van der Waals surface area (Å²) in [5.41, 5.74) is 1.71. The van der Waals surface area contributed by atoms with Gasteiger partial charge in [-0.3, -0.25) is 9.48 Å². The van der Waals surface area contributed by atoms with E-state index in [9.17, 15) is 4.79 Å². The van der Waals surface area contributed by atoms with Gasteiger partial charge in [-0.2, -0.15) is 0 Å². The van der Waals surface area contributed by atoms with Crippen molar-refractivity contribution in [1.29, 1.82) is 0 Å². The van der Waals surface area contributed by atoms with E-state index in [4.69, 9.17) is 9.84 Å². The molecule has 0 bridgehead atoms. The Balaban J connectivity index is 1.50. The first kappa shape index (κ1) is 26.2. The SMILES string of the molecule is C[C@@H]1[C@@H]([Si](C)(C)F)[C@H](CCn2cc(CCO)nn2)O[C@@]12C(=O)N(Cc1ccccc1)c1ccc(Br)cc12. The highest BCUT2D eigenvalue weighted by atomic mass is 79.9. The van der Waals surface area contributed by atoms with Crippen LogP contribution in [0.3, 0.4) is 0 Å². The average molecular weight is 588 g/mol. The number of anilines is 1. The second-order valence-electron chi connectivity index (χ2n) is 10.5. The molecule has 4 atom stereocenters. The molecular formula is C27H32BrFN4O3Si. The van der Waals surface area contributed by atoms with Gasteiger partial charge in [-0.05, 0) is 43.3 Å². The Kier molecular flexibility index (Phi) is 7.12. The van der Waals surface area contributed by atoms with Crippen LogP contribution in [0.1, 0.15) is 30.2 Å². The maximum atomic E-state index is 15.9. The van der Waals surface area contributed by atoms with Crippen LogP contribution in [-0.2, 0) is 34.6 Å². The van der Waals surface area contributed by atoms with Gasteiger partial charge < -0.3 is 18.9 Å². The van der Waals surface area contributed by atoms with E-state index in [0.717, 1.165) is 21.3 Å². The van der Waals surface area contributed by atoms with E-state index < -0.39 is 20.1 Å². The highest BCUT2D eigenvalue weighted by Crippen LogP contribution is 2.60. The fourth-order valence-electron chi connectivity index (χ4n) is 6.15. The first-order valence-corrected chi connectivity index (χ1v) is 16.4. The van der Waals surface area contributed by atoms with Crippen molar-refractivity contribution in [1.82, 2.24) is 15.0 Å². The molecule has 7 nitrogen and oxygen atoms in total. The summed E-state index contributed by atoms with van der Waals surface area (Å²) in [6.07, 6.45) is 2.30. The van der Waals surface area contributed by atoms with Crippen LogP contribution < -0.4 is 4.90 Å². The number of ether oxygens (including phenoxy) is 1. The van der Waals surface area contributed by atoms with E-state index in [1.54, 1.807) is 28.9 Å².